The van der Waals surface area contributed by atoms with Crippen molar-refractivity contribution in [3.05, 3.63) is 69.0 Å². The highest BCUT2D eigenvalue weighted by molar-refractivity contribution is 5.80. The summed E-state index contributed by atoms with van der Waals surface area (Å²) < 4.78 is 2.23. The molecule has 2 rings (SSSR count). The zero-order valence-corrected chi connectivity index (χ0v) is 16.1. The van der Waals surface area contributed by atoms with E-state index in [0.29, 0.717) is 6.67 Å². The highest BCUT2D eigenvalue weighted by atomic mass is 16.1. The summed E-state index contributed by atoms with van der Waals surface area (Å²) in [6.45, 7) is 9.09. The zero-order chi connectivity index (χ0) is 18.4. The SMILES string of the molecule is CNCn1c(CC=C(C)CCC=C(C)C)c(C)c(=O)c2ccccc21. The number of rotatable bonds is 7. The first-order valence-corrected chi connectivity index (χ1v) is 9.00. The second-order valence-corrected chi connectivity index (χ2v) is 6.93. The molecule has 1 aromatic heterocycles. The maximum atomic E-state index is 12.7. The number of nitrogens with zero attached hydrogens (tertiary/aromatic N) is 1. The van der Waals surface area contributed by atoms with E-state index in [0.717, 1.165) is 41.4 Å². The minimum atomic E-state index is 0.147. The Balaban J connectivity index is 2.40. The van der Waals surface area contributed by atoms with Gasteiger partial charge in [0.05, 0.1) is 12.2 Å². The molecule has 2 aromatic rings. The van der Waals surface area contributed by atoms with Gasteiger partial charge >= 0.3 is 0 Å². The number of para-hydroxylation sites is 1. The van der Waals surface area contributed by atoms with Crippen molar-refractivity contribution in [3.63, 3.8) is 0 Å². The normalized spacial score (nSPS) is 11.8. The molecular weight excluding hydrogens is 308 g/mol. The predicted octanol–water partition coefficient (Wildman–Crippen LogP) is 4.72. The van der Waals surface area contributed by atoms with Crippen LogP contribution in [0.1, 0.15) is 44.9 Å². The molecule has 1 heterocycles. The Morgan fingerprint density at radius 3 is 2.56 bits per heavy atom. The monoisotopic (exact) mass is 338 g/mol. The summed E-state index contributed by atoms with van der Waals surface area (Å²) in [5, 5.41) is 4.02. The van der Waals surface area contributed by atoms with Crippen LogP contribution in [0, 0.1) is 6.92 Å². The zero-order valence-electron chi connectivity index (χ0n) is 16.1. The fourth-order valence-corrected chi connectivity index (χ4v) is 3.15. The van der Waals surface area contributed by atoms with E-state index in [-0.39, 0.29) is 5.43 Å². The van der Waals surface area contributed by atoms with Crippen molar-refractivity contribution < 1.29 is 0 Å². The summed E-state index contributed by atoms with van der Waals surface area (Å²) in [7, 11) is 1.94. The molecule has 25 heavy (non-hydrogen) atoms. The van der Waals surface area contributed by atoms with Crippen molar-refractivity contribution in [3.8, 4) is 0 Å². The summed E-state index contributed by atoms with van der Waals surface area (Å²) >= 11 is 0. The van der Waals surface area contributed by atoms with Gasteiger partial charge in [-0.05, 0) is 59.7 Å². The van der Waals surface area contributed by atoms with Crippen LogP contribution in [0.4, 0.5) is 0 Å². The summed E-state index contributed by atoms with van der Waals surface area (Å²) in [5.74, 6) is 0. The van der Waals surface area contributed by atoms with E-state index >= 15 is 0 Å². The molecule has 134 valence electrons. The maximum Gasteiger partial charge on any atom is 0.192 e. The molecule has 3 heteroatoms. The highest BCUT2D eigenvalue weighted by Gasteiger charge is 2.12. The lowest BCUT2D eigenvalue weighted by Crippen LogP contribution is -2.23. The number of pyridine rings is 1. The Morgan fingerprint density at radius 1 is 1.16 bits per heavy atom. The van der Waals surface area contributed by atoms with Gasteiger partial charge in [-0.1, -0.05) is 35.4 Å². The Hall–Kier alpha value is -2.13. The first-order chi connectivity index (χ1) is 12.0. The maximum absolute atomic E-state index is 12.7. The number of aromatic nitrogens is 1. The molecule has 0 amide bonds. The lowest BCUT2D eigenvalue weighted by atomic mass is 10.0. The summed E-state index contributed by atoms with van der Waals surface area (Å²) in [6, 6.07) is 7.87. The van der Waals surface area contributed by atoms with E-state index in [4.69, 9.17) is 0 Å². The van der Waals surface area contributed by atoms with Gasteiger partial charge in [0.1, 0.15) is 0 Å². The third kappa shape index (κ3) is 4.70. The van der Waals surface area contributed by atoms with Crippen LogP contribution in [-0.4, -0.2) is 11.6 Å². The van der Waals surface area contributed by atoms with Gasteiger partial charge in [0.2, 0.25) is 0 Å². The Labute approximate surface area is 151 Å². The van der Waals surface area contributed by atoms with Crippen LogP contribution < -0.4 is 10.7 Å². The van der Waals surface area contributed by atoms with E-state index in [1.165, 1.54) is 11.1 Å². The van der Waals surface area contributed by atoms with E-state index < -0.39 is 0 Å². The van der Waals surface area contributed by atoms with Crippen molar-refractivity contribution >= 4 is 10.9 Å². The number of fused-ring (bicyclic) bond motifs is 1. The molecule has 0 fully saturated rings. The van der Waals surface area contributed by atoms with E-state index in [2.05, 4.69) is 42.8 Å². The molecule has 1 N–H and O–H groups in total. The van der Waals surface area contributed by atoms with Gasteiger partial charge in [-0.15, -0.1) is 0 Å². The standard InChI is InChI=1S/C22H30N2O/c1-16(2)9-8-10-17(3)13-14-20-18(4)22(25)19-11-6-7-12-21(19)24(20)15-23-5/h6-7,9,11-13,23H,8,10,14-15H2,1-5H3. The first-order valence-electron chi connectivity index (χ1n) is 9.00. The molecule has 0 bridgehead atoms. The molecule has 0 aliphatic heterocycles. The molecule has 0 unspecified atom stereocenters. The van der Waals surface area contributed by atoms with Gasteiger partial charge in [0, 0.05) is 23.1 Å². The van der Waals surface area contributed by atoms with Crippen LogP contribution in [0.15, 0.2) is 52.4 Å². The van der Waals surface area contributed by atoms with Gasteiger partial charge in [-0.3, -0.25) is 4.79 Å². The average Bonchev–Trinajstić information content (AvgIpc) is 2.59. The Bertz CT molecular complexity index is 852. The van der Waals surface area contributed by atoms with Crippen LogP contribution in [0.3, 0.4) is 0 Å². The van der Waals surface area contributed by atoms with Crippen LogP contribution in [0.5, 0.6) is 0 Å². The second-order valence-electron chi connectivity index (χ2n) is 6.93. The van der Waals surface area contributed by atoms with Gasteiger partial charge in [0.25, 0.3) is 0 Å². The van der Waals surface area contributed by atoms with Crippen molar-refractivity contribution in [1.29, 1.82) is 0 Å². The Kier molecular flexibility index (Phi) is 6.77. The molecule has 0 atom stereocenters. The Morgan fingerprint density at radius 2 is 1.88 bits per heavy atom. The summed E-state index contributed by atoms with van der Waals surface area (Å²) in [6.07, 6.45) is 7.46. The number of hydrogen-bond acceptors (Lipinski definition) is 2. The highest BCUT2D eigenvalue weighted by Crippen LogP contribution is 2.18. The predicted molar refractivity (Wildman–Crippen MR) is 108 cm³/mol. The summed E-state index contributed by atoms with van der Waals surface area (Å²) in [4.78, 5) is 12.7. The van der Waals surface area contributed by atoms with E-state index in [1.807, 2.05) is 38.2 Å². The molecule has 0 radical (unpaired) electrons. The van der Waals surface area contributed by atoms with Gasteiger partial charge in [0.15, 0.2) is 5.43 Å². The molecule has 0 aliphatic rings. The van der Waals surface area contributed by atoms with Crippen LogP contribution in [0.25, 0.3) is 10.9 Å². The number of nitrogens with one attached hydrogen (secondary N) is 1. The van der Waals surface area contributed by atoms with Crippen LogP contribution >= 0.6 is 0 Å². The third-order valence-electron chi connectivity index (χ3n) is 4.59. The minimum absolute atomic E-state index is 0.147. The van der Waals surface area contributed by atoms with E-state index in [9.17, 15) is 4.79 Å². The summed E-state index contributed by atoms with van der Waals surface area (Å²) in [5.41, 5.74) is 5.82. The quantitative estimate of drug-likeness (QED) is 0.741. The number of hydrogen-bond donors (Lipinski definition) is 1. The third-order valence-corrected chi connectivity index (χ3v) is 4.59. The molecule has 3 nitrogen and oxygen atoms in total. The first kappa shape index (κ1) is 19.2. The number of benzene rings is 1. The van der Waals surface area contributed by atoms with E-state index in [1.54, 1.807) is 0 Å². The van der Waals surface area contributed by atoms with Crippen molar-refractivity contribution in [2.24, 2.45) is 0 Å². The lowest BCUT2D eigenvalue weighted by molar-refractivity contribution is 0.609. The van der Waals surface area contributed by atoms with Crippen LogP contribution in [0.2, 0.25) is 0 Å². The topological polar surface area (TPSA) is 34.0 Å². The lowest BCUT2D eigenvalue weighted by Gasteiger charge is -2.18. The second kappa shape index (κ2) is 8.82. The average molecular weight is 338 g/mol. The number of allylic oxidation sites excluding steroid dienone is 4. The molecule has 0 spiro atoms. The van der Waals surface area contributed by atoms with Gasteiger partial charge in [-0.25, -0.2) is 0 Å². The fourth-order valence-electron chi connectivity index (χ4n) is 3.15. The molecular formula is C22H30N2O. The van der Waals surface area contributed by atoms with Crippen molar-refractivity contribution in [2.75, 3.05) is 7.05 Å². The smallest absolute Gasteiger partial charge is 0.192 e. The van der Waals surface area contributed by atoms with Crippen LogP contribution in [-0.2, 0) is 13.1 Å². The molecule has 0 aliphatic carbocycles. The van der Waals surface area contributed by atoms with Crippen molar-refractivity contribution in [2.45, 2.75) is 53.6 Å². The minimum Gasteiger partial charge on any atom is -0.331 e. The van der Waals surface area contributed by atoms with Gasteiger partial charge in [-0.2, -0.15) is 0 Å². The molecule has 0 saturated heterocycles. The largest absolute Gasteiger partial charge is 0.331 e. The molecule has 0 saturated carbocycles. The van der Waals surface area contributed by atoms with Gasteiger partial charge < -0.3 is 9.88 Å². The fraction of sp³-hybridized carbons (Fsp3) is 0.409. The molecule has 1 aromatic carbocycles. The van der Waals surface area contributed by atoms with Crippen molar-refractivity contribution in [1.82, 2.24) is 9.88 Å².